The minimum Gasteiger partial charge on any atom is -0.311 e. The molecule has 0 saturated carbocycles. The highest BCUT2D eigenvalue weighted by atomic mass is 15.1. The van der Waals surface area contributed by atoms with E-state index in [1.807, 2.05) is 0 Å². The molecule has 7 aromatic rings. The summed E-state index contributed by atoms with van der Waals surface area (Å²) in [7, 11) is 0. The number of fused-ring (bicyclic) bond motifs is 3. The summed E-state index contributed by atoms with van der Waals surface area (Å²) < 4.78 is 0. The second kappa shape index (κ2) is 14.0. The summed E-state index contributed by atoms with van der Waals surface area (Å²) in [4.78, 5) is 4.69. The zero-order valence-corrected chi connectivity index (χ0v) is 32.2. The van der Waals surface area contributed by atoms with Crippen molar-refractivity contribution >= 4 is 46.3 Å². The van der Waals surface area contributed by atoms with Crippen LogP contribution >= 0.6 is 0 Å². The maximum Gasteiger partial charge on any atom is 0.0465 e. The molecule has 0 amide bonds. The number of rotatable bonds is 8. The van der Waals surface area contributed by atoms with Gasteiger partial charge < -0.3 is 9.80 Å². The normalized spacial score (nSPS) is 13.1. The molecule has 54 heavy (non-hydrogen) atoms. The van der Waals surface area contributed by atoms with E-state index in [1.165, 1.54) is 55.9 Å². The van der Waals surface area contributed by atoms with Gasteiger partial charge in [-0.25, -0.2) is 0 Å². The van der Waals surface area contributed by atoms with Crippen molar-refractivity contribution in [1.82, 2.24) is 0 Å². The number of aryl methyl sites for hydroxylation is 1. The molecule has 2 nitrogen and oxygen atoms in total. The van der Waals surface area contributed by atoms with Crippen molar-refractivity contribution in [2.75, 3.05) is 9.80 Å². The number of hydrogen-bond donors (Lipinski definition) is 0. The van der Waals surface area contributed by atoms with Gasteiger partial charge in [-0.2, -0.15) is 0 Å². The Hall–Kier alpha value is -6.12. The first-order valence-electron chi connectivity index (χ1n) is 19.0. The fourth-order valence-electron chi connectivity index (χ4n) is 7.84. The van der Waals surface area contributed by atoms with Gasteiger partial charge in [0, 0.05) is 39.5 Å². The zero-order valence-electron chi connectivity index (χ0n) is 32.2. The Morgan fingerprint density at radius 3 is 1.46 bits per heavy atom. The third kappa shape index (κ3) is 6.76. The average molecular weight is 701 g/mol. The van der Waals surface area contributed by atoms with E-state index in [2.05, 4.69) is 233 Å². The standard InChI is InChI=1S/C52H48N2/c1-37-14-13-19-45(34-37)54(44-29-25-40(26-30-44)51(2,3)4)46-31-33-48-47-32-24-39(35-49(47)52(5,6)50(48)36-46)21-20-38-22-27-43(28-23-38)53(41-15-9-7-10-16-41)42-17-11-8-12-18-42/h7-36H,1-6H3/b21-20+. The van der Waals surface area contributed by atoms with Crippen LogP contribution in [0.25, 0.3) is 23.3 Å². The van der Waals surface area contributed by atoms with Gasteiger partial charge >= 0.3 is 0 Å². The molecule has 8 rings (SSSR count). The largest absolute Gasteiger partial charge is 0.311 e. The first-order chi connectivity index (χ1) is 26.1. The van der Waals surface area contributed by atoms with E-state index < -0.39 is 0 Å². The second-order valence-electron chi connectivity index (χ2n) is 16.1. The van der Waals surface area contributed by atoms with E-state index in [0.29, 0.717) is 0 Å². The van der Waals surface area contributed by atoms with Gasteiger partial charge in [0.25, 0.3) is 0 Å². The Kier molecular flexibility index (Phi) is 9.07. The van der Waals surface area contributed by atoms with Gasteiger partial charge in [-0.1, -0.05) is 144 Å². The Morgan fingerprint density at radius 1 is 0.426 bits per heavy atom. The molecular formula is C52H48N2. The van der Waals surface area contributed by atoms with Crippen LogP contribution in [-0.2, 0) is 10.8 Å². The fourth-order valence-corrected chi connectivity index (χ4v) is 7.84. The van der Waals surface area contributed by atoms with Crippen LogP contribution in [0.1, 0.15) is 68.0 Å². The lowest BCUT2D eigenvalue weighted by Gasteiger charge is -2.29. The van der Waals surface area contributed by atoms with E-state index in [4.69, 9.17) is 0 Å². The van der Waals surface area contributed by atoms with Crippen LogP contribution in [0, 0.1) is 6.92 Å². The molecule has 0 aliphatic heterocycles. The van der Waals surface area contributed by atoms with Crippen molar-refractivity contribution in [3.05, 3.63) is 203 Å². The summed E-state index contributed by atoms with van der Waals surface area (Å²) in [5.74, 6) is 0. The molecule has 0 atom stereocenters. The molecule has 0 radical (unpaired) electrons. The maximum absolute atomic E-state index is 2.42. The molecule has 1 aliphatic rings. The Morgan fingerprint density at radius 2 is 0.870 bits per heavy atom. The minimum absolute atomic E-state index is 0.0990. The van der Waals surface area contributed by atoms with Gasteiger partial charge in [-0.3, -0.25) is 0 Å². The SMILES string of the molecule is Cc1cccc(N(c2ccc(C(C)(C)C)cc2)c2ccc3c(c2)C(C)(C)c2cc(/C=C/c4ccc(N(c5ccccc5)c5ccccc5)cc4)ccc2-3)c1. The number of anilines is 6. The quantitative estimate of drug-likeness (QED) is 0.146. The third-order valence-electron chi connectivity index (χ3n) is 10.8. The predicted molar refractivity (Wildman–Crippen MR) is 232 cm³/mol. The van der Waals surface area contributed by atoms with E-state index in [0.717, 1.165) is 22.7 Å². The van der Waals surface area contributed by atoms with E-state index in [9.17, 15) is 0 Å². The van der Waals surface area contributed by atoms with E-state index >= 15 is 0 Å². The summed E-state index contributed by atoms with van der Waals surface area (Å²) in [5, 5.41) is 0. The van der Waals surface area contributed by atoms with Crippen molar-refractivity contribution in [3.8, 4) is 11.1 Å². The highest BCUT2D eigenvalue weighted by Crippen LogP contribution is 2.51. The summed E-state index contributed by atoms with van der Waals surface area (Å²) in [6.45, 7) is 13.7. The molecule has 7 aromatic carbocycles. The third-order valence-corrected chi connectivity index (χ3v) is 10.8. The van der Waals surface area contributed by atoms with Crippen LogP contribution in [0.3, 0.4) is 0 Å². The van der Waals surface area contributed by atoms with Crippen molar-refractivity contribution in [2.24, 2.45) is 0 Å². The highest BCUT2D eigenvalue weighted by molar-refractivity contribution is 5.87. The van der Waals surface area contributed by atoms with Gasteiger partial charge in [-0.05, 0) is 130 Å². The minimum atomic E-state index is -0.154. The molecule has 266 valence electrons. The van der Waals surface area contributed by atoms with Gasteiger partial charge in [-0.15, -0.1) is 0 Å². The van der Waals surface area contributed by atoms with Gasteiger partial charge in [0.2, 0.25) is 0 Å². The maximum atomic E-state index is 2.42. The lowest BCUT2D eigenvalue weighted by molar-refractivity contribution is 0.590. The average Bonchev–Trinajstić information content (AvgIpc) is 3.40. The second-order valence-corrected chi connectivity index (χ2v) is 16.1. The van der Waals surface area contributed by atoms with Crippen LogP contribution in [0.4, 0.5) is 34.1 Å². The van der Waals surface area contributed by atoms with Crippen molar-refractivity contribution < 1.29 is 0 Å². The van der Waals surface area contributed by atoms with Gasteiger partial charge in [0.15, 0.2) is 0 Å². The first-order valence-corrected chi connectivity index (χ1v) is 19.0. The number of nitrogens with zero attached hydrogens (tertiary/aromatic N) is 2. The number of benzene rings is 7. The van der Waals surface area contributed by atoms with E-state index in [-0.39, 0.29) is 10.8 Å². The molecule has 1 aliphatic carbocycles. The molecule has 0 aromatic heterocycles. The lowest BCUT2D eigenvalue weighted by Crippen LogP contribution is -2.17. The smallest absolute Gasteiger partial charge is 0.0465 e. The van der Waals surface area contributed by atoms with Crippen molar-refractivity contribution in [2.45, 2.75) is 52.4 Å². The Balaban J connectivity index is 1.08. The van der Waals surface area contributed by atoms with Gasteiger partial charge in [0.05, 0.1) is 0 Å². The molecule has 0 bridgehead atoms. The molecule has 0 heterocycles. The molecule has 0 saturated heterocycles. The number of hydrogen-bond acceptors (Lipinski definition) is 2. The monoisotopic (exact) mass is 700 g/mol. The van der Waals surface area contributed by atoms with Crippen molar-refractivity contribution in [1.29, 1.82) is 0 Å². The van der Waals surface area contributed by atoms with Crippen LogP contribution in [0.5, 0.6) is 0 Å². The summed E-state index contributed by atoms with van der Waals surface area (Å²) in [6.07, 6.45) is 4.46. The molecular weight excluding hydrogens is 653 g/mol. The summed E-state index contributed by atoms with van der Waals surface area (Å²) in [6, 6.07) is 61.8. The lowest BCUT2D eigenvalue weighted by atomic mass is 9.81. The van der Waals surface area contributed by atoms with Crippen molar-refractivity contribution in [3.63, 3.8) is 0 Å². The van der Waals surface area contributed by atoms with Crippen LogP contribution < -0.4 is 9.80 Å². The Bertz CT molecular complexity index is 2390. The fraction of sp³-hybridized carbons (Fsp3) is 0.154. The molecule has 0 spiro atoms. The number of para-hydroxylation sites is 2. The first kappa shape index (κ1) is 34.9. The molecule has 2 heteroatoms. The topological polar surface area (TPSA) is 6.48 Å². The summed E-state index contributed by atoms with van der Waals surface area (Å²) in [5.41, 5.74) is 17.2. The molecule has 0 unspecified atom stereocenters. The van der Waals surface area contributed by atoms with Gasteiger partial charge in [0.1, 0.15) is 0 Å². The zero-order chi connectivity index (χ0) is 37.5. The predicted octanol–water partition coefficient (Wildman–Crippen LogP) is 14.7. The Labute approximate surface area is 321 Å². The van der Waals surface area contributed by atoms with Crippen LogP contribution in [0.2, 0.25) is 0 Å². The highest BCUT2D eigenvalue weighted by Gasteiger charge is 2.36. The molecule has 0 fully saturated rings. The molecule has 0 N–H and O–H groups in total. The summed E-state index contributed by atoms with van der Waals surface area (Å²) >= 11 is 0. The van der Waals surface area contributed by atoms with Crippen LogP contribution in [-0.4, -0.2) is 0 Å². The van der Waals surface area contributed by atoms with Crippen LogP contribution in [0.15, 0.2) is 170 Å². The van der Waals surface area contributed by atoms with E-state index in [1.54, 1.807) is 0 Å².